The van der Waals surface area contributed by atoms with Gasteiger partial charge in [-0.1, -0.05) is 22.9 Å². The van der Waals surface area contributed by atoms with Crippen LogP contribution in [0.4, 0.5) is 4.39 Å². The van der Waals surface area contributed by atoms with E-state index < -0.39 is 0 Å². The summed E-state index contributed by atoms with van der Waals surface area (Å²) in [5.74, 6) is 0.370. The van der Waals surface area contributed by atoms with Crippen molar-refractivity contribution in [3.63, 3.8) is 0 Å². The van der Waals surface area contributed by atoms with Gasteiger partial charge >= 0.3 is 0 Å². The zero-order chi connectivity index (χ0) is 10.3. The average Bonchev–Trinajstić information content (AvgIpc) is 2.50. The zero-order valence-electron chi connectivity index (χ0n) is 8.27. The Morgan fingerprint density at radius 3 is 2.86 bits per heavy atom. The van der Waals surface area contributed by atoms with E-state index in [2.05, 4.69) is 28.2 Å². The molecule has 76 valence electrons. The van der Waals surface area contributed by atoms with Crippen LogP contribution in [0.15, 0.2) is 16.6 Å². The molecule has 1 aromatic rings. The molecule has 0 aromatic heterocycles. The molecular weight excluding hydrogens is 245 g/mol. The van der Waals surface area contributed by atoms with Crippen molar-refractivity contribution < 1.29 is 4.39 Å². The van der Waals surface area contributed by atoms with Crippen molar-refractivity contribution in [3.05, 3.63) is 33.5 Å². The van der Waals surface area contributed by atoms with Gasteiger partial charge in [0.05, 0.1) is 0 Å². The monoisotopic (exact) mass is 257 g/mol. The van der Waals surface area contributed by atoms with Gasteiger partial charge in [-0.05, 0) is 37.1 Å². The van der Waals surface area contributed by atoms with Gasteiger partial charge in [0, 0.05) is 16.1 Å². The molecule has 1 nitrogen and oxygen atoms in total. The van der Waals surface area contributed by atoms with Crippen LogP contribution in [0, 0.1) is 11.7 Å². The summed E-state index contributed by atoms with van der Waals surface area (Å²) in [7, 11) is 1.89. The van der Waals surface area contributed by atoms with E-state index in [4.69, 9.17) is 0 Å². The summed E-state index contributed by atoms with van der Waals surface area (Å²) in [6.45, 7) is 2.15. The van der Waals surface area contributed by atoms with Gasteiger partial charge in [0.1, 0.15) is 5.82 Å². The first kappa shape index (κ1) is 10.1. The van der Waals surface area contributed by atoms with Crippen molar-refractivity contribution in [2.45, 2.75) is 19.4 Å². The van der Waals surface area contributed by atoms with Crippen molar-refractivity contribution >= 4 is 15.9 Å². The molecule has 0 spiro atoms. The number of rotatable bonds is 1. The van der Waals surface area contributed by atoms with E-state index in [1.54, 1.807) is 6.07 Å². The van der Waals surface area contributed by atoms with Gasteiger partial charge in [-0.3, -0.25) is 0 Å². The lowest BCUT2D eigenvalue weighted by Gasteiger charge is -2.15. The maximum Gasteiger partial charge on any atom is 0.128 e. The Balaban J connectivity index is 2.57. The summed E-state index contributed by atoms with van der Waals surface area (Å²) in [5, 5.41) is 3.18. The Morgan fingerprint density at radius 2 is 2.21 bits per heavy atom. The van der Waals surface area contributed by atoms with Crippen LogP contribution in [-0.2, 0) is 6.42 Å². The molecule has 0 bridgehead atoms. The van der Waals surface area contributed by atoms with Crippen LogP contribution >= 0.6 is 15.9 Å². The summed E-state index contributed by atoms with van der Waals surface area (Å²) in [5.41, 5.74) is 1.96. The molecule has 1 N–H and O–H groups in total. The van der Waals surface area contributed by atoms with Gasteiger partial charge in [-0.15, -0.1) is 0 Å². The molecule has 0 fully saturated rings. The van der Waals surface area contributed by atoms with E-state index >= 15 is 0 Å². The highest BCUT2D eigenvalue weighted by atomic mass is 79.9. The third-order valence-corrected chi connectivity index (χ3v) is 3.71. The number of halogens is 2. The minimum Gasteiger partial charge on any atom is -0.313 e. The van der Waals surface area contributed by atoms with E-state index in [0.717, 1.165) is 22.0 Å². The second-order valence-corrected chi connectivity index (χ2v) is 4.72. The number of hydrogen-bond donors (Lipinski definition) is 1. The molecule has 0 aliphatic heterocycles. The highest BCUT2D eigenvalue weighted by Crippen LogP contribution is 2.40. The third-order valence-electron chi connectivity index (χ3n) is 2.96. The number of hydrogen-bond acceptors (Lipinski definition) is 1. The lowest BCUT2D eigenvalue weighted by atomic mass is 10.0. The Labute approximate surface area is 91.8 Å². The first-order valence-electron chi connectivity index (χ1n) is 4.79. The maximum atomic E-state index is 13.6. The van der Waals surface area contributed by atoms with Gasteiger partial charge < -0.3 is 5.32 Å². The van der Waals surface area contributed by atoms with Crippen LogP contribution < -0.4 is 5.32 Å². The lowest BCUT2D eigenvalue weighted by molar-refractivity contribution is 0.434. The van der Waals surface area contributed by atoms with Crippen LogP contribution in [0.25, 0.3) is 0 Å². The van der Waals surface area contributed by atoms with E-state index in [0.29, 0.717) is 5.92 Å². The Morgan fingerprint density at radius 1 is 1.50 bits per heavy atom. The summed E-state index contributed by atoms with van der Waals surface area (Å²) in [6, 6.07) is 3.48. The topological polar surface area (TPSA) is 12.0 Å². The van der Waals surface area contributed by atoms with Crippen LogP contribution in [-0.4, -0.2) is 7.05 Å². The first-order chi connectivity index (χ1) is 6.65. The minimum atomic E-state index is -0.0908. The maximum absolute atomic E-state index is 13.6. The highest BCUT2D eigenvalue weighted by Gasteiger charge is 2.32. The normalized spacial score (nSPS) is 25.1. The van der Waals surface area contributed by atoms with E-state index in [9.17, 15) is 4.39 Å². The van der Waals surface area contributed by atoms with E-state index in [-0.39, 0.29) is 11.9 Å². The van der Waals surface area contributed by atoms with Gasteiger partial charge in [0.2, 0.25) is 0 Å². The molecule has 1 aliphatic carbocycles. The smallest absolute Gasteiger partial charge is 0.128 e. The van der Waals surface area contributed by atoms with Gasteiger partial charge in [-0.25, -0.2) is 4.39 Å². The molecule has 0 radical (unpaired) electrons. The fourth-order valence-corrected chi connectivity index (χ4v) is 2.81. The van der Waals surface area contributed by atoms with Crippen molar-refractivity contribution in [3.8, 4) is 0 Å². The summed E-state index contributed by atoms with van der Waals surface area (Å²) < 4.78 is 14.6. The molecule has 1 aliphatic rings. The van der Waals surface area contributed by atoms with Crippen LogP contribution in [0.5, 0.6) is 0 Å². The molecule has 2 unspecified atom stereocenters. The fraction of sp³-hybridized carbons (Fsp3) is 0.455. The largest absolute Gasteiger partial charge is 0.313 e. The van der Waals surface area contributed by atoms with Gasteiger partial charge in [0.25, 0.3) is 0 Å². The molecular formula is C11H13BrFN. The molecule has 0 saturated heterocycles. The predicted octanol–water partition coefficient (Wildman–Crippen LogP) is 3.04. The first-order valence-corrected chi connectivity index (χ1v) is 5.58. The summed E-state index contributed by atoms with van der Waals surface area (Å²) in [6.07, 6.45) is 0.944. The van der Waals surface area contributed by atoms with Crippen molar-refractivity contribution in [2.75, 3.05) is 7.05 Å². The third kappa shape index (κ3) is 1.39. The van der Waals surface area contributed by atoms with Crippen molar-refractivity contribution in [2.24, 2.45) is 5.92 Å². The molecule has 2 atom stereocenters. The highest BCUT2D eigenvalue weighted by molar-refractivity contribution is 9.10. The summed E-state index contributed by atoms with van der Waals surface area (Å²) in [4.78, 5) is 0. The van der Waals surface area contributed by atoms with E-state index in [1.807, 2.05) is 7.05 Å². The molecule has 1 aromatic carbocycles. The molecule has 14 heavy (non-hydrogen) atoms. The zero-order valence-corrected chi connectivity index (χ0v) is 9.86. The Kier molecular flexibility index (Phi) is 2.62. The Hall–Kier alpha value is -0.410. The van der Waals surface area contributed by atoms with Crippen molar-refractivity contribution in [1.29, 1.82) is 0 Å². The molecule has 0 heterocycles. The van der Waals surface area contributed by atoms with Crippen LogP contribution in [0.3, 0.4) is 0 Å². The predicted molar refractivity (Wildman–Crippen MR) is 58.8 cm³/mol. The molecule has 0 saturated carbocycles. The number of fused-ring (bicyclic) bond motifs is 1. The quantitative estimate of drug-likeness (QED) is 0.816. The molecule has 0 amide bonds. The summed E-state index contributed by atoms with van der Waals surface area (Å²) >= 11 is 3.47. The Bertz CT molecular complexity index is 365. The number of nitrogens with one attached hydrogen (secondary N) is 1. The standard InChI is InChI=1S/C11H13BrFN/c1-6-5-7-8(12)3-4-9(13)10(7)11(6)14-2/h3-4,6,11,14H,5H2,1-2H3. The molecule has 2 rings (SSSR count). The average molecular weight is 258 g/mol. The second-order valence-electron chi connectivity index (χ2n) is 3.87. The number of benzene rings is 1. The van der Waals surface area contributed by atoms with Crippen LogP contribution in [0.2, 0.25) is 0 Å². The second kappa shape index (κ2) is 3.63. The molecule has 3 heteroatoms. The fourth-order valence-electron chi connectivity index (χ4n) is 2.31. The lowest BCUT2D eigenvalue weighted by Crippen LogP contribution is -2.20. The van der Waals surface area contributed by atoms with Gasteiger partial charge in [0.15, 0.2) is 0 Å². The SMILES string of the molecule is CNC1c2c(F)ccc(Br)c2CC1C. The van der Waals surface area contributed by atoms with Crippen molar-refractivity contribution in [1.82, 2.24) is 5.32 Å². The minimum absolute atomic E-state index is 0.0908. The van der Waals surface area contributed by atoms with Gasteiger partial charge in [-0.2, -0.15) is 0 Å². The van der Waals surface area contributed by atoms with Crippen LogP contribution in [0.1, 0.15) is 24.1 Å². The van der Waals surface area contributed by atoms with E-state index in [1.165, 1.54) is 6.07 Å².